The van der Waals surface area contributed by atoms with Crippen LogP contribution in [0.15, 0.2) is 48.9 Å². The zero-order chi connectivity index (χ0) is 21.4. The monoisotopic (exact) mass is 418 g/mol. The van der Waals surface area contributed by atoms with Crippen LogP contribution in [0, 0.1) is 5.92 Å². The fraction of sp³-hybridized carbons (Fsp3) is 0.462. The molecule has 5 nitrogen and oxygen atoms in total. The largest absolute Gasteiger partial charge is 0.486 e. The van der Waals surface area contributed by atoms with Crippen LogP contribution in [0.1, 0.15) is 80.2 Å². The van der Waals surface area contributed by atoms with Crippen molar-refractivity contribution >= 4 is 11.3 Å². The number of Topliss-reactive ketones (excluding diaryl/α,β-unsaturated/α-hetero) is 1. The van der Waals surface area contributed by atoms with E-state index in [-0.39, 0.29) is 18.3 Å². The maximum Gasteiger partial charge on any atom is 0.167 e. The van der Waals surface area contributed by atoms with Crippen LogP contribution in [0.25, 0.3) is 5.52 Å². The highest BCUT2D eigenvalue weighted by molar-refractivity contribution is 5.77. The van der Waals surface area contributed by atoms with Gasteiger partial charge in [-0.1, -0.05) is 18.2 Å². The predicted octanol–water partition coefficient (Wildman–Crippen LogP) is 5.19. The molecule has 2 aromatic heterocycles. The van der Waals surface area contributed by atoms with Crippen LogP contribution in [0.4, 0.5) is 0 Å². The molecule has 1 aromatic carbocycles. The molecule has 2 heterocycles. The first kappa shape index (κ1) is 20.3. The summed E-state index contributed by atoms with van der Waals surface area (Å²) in [7, 11) is 0. The minimum atomic E-state index is -0.447. The molecule has 0 aliphatic heterocycles. The molecule has 0 bridgehead atoms. The lowest BCUT2D eigenvalue weighted by Gasteiger charge is -2.33. The Bertz CT molecular complexity index is 1060. The van der Waals surface area contributed by atoms with Crippen molar-refractivity contribution < 1.29 is 14.6 Å². The number of rotatable bonds is 7. The highest BCUT2D eigenvalue weighted by Crippen LogP contribution is 2.47. The number of benzene rings is 1. The molecule has 2 fully saturated rings. The first-order chi connectivity index (χ1) is 15.1. The minimum Gasteiger partial charge on any atom is -0.486 e. The lowest BCUT2D eigenvalue weighted by atomic mass is 9.75. The number of ketones is 1. The highest BCUT2D eigenvalue weighted by atomic mass is 16.5. The van der Waals surface area contributed by atoms with Crippen molar-refractivity contribution in [1.29, 1.82) is 0 Å². The maximum atomic E-state index is 11.4. The molecule has 5 heteroatoms. The third-order valence-corrected chi connectivity index (χ3v) is 6.97. The summed E-state index contributed by atoms with van der Waals surface area (Å²) in [5.74, 6) is 2.15. The summed E-state index contributed by atoms with van der Waals surface area (Å²) in [6.45, 7) is 1.65. The van der Waals surface area contributed by atoms with E-state index in [1.807, 2.05) is 24.7 Å². The standard InChI is InChI=1S/C26H30N2O3/c1-17(29)15-31-23-11-8-19(9-12-23)18-2-6-21(7-3-18)26(30)25-24(20-4-5-20)13-10-22-14-27-16-28(22)25/h8-14,16,18,20-21,26,30H,2-7,15H2,1H3/t18-,21-,26-/m0/s1. The molecule has 5 rings (SSSR count). The van der Waals surface area contributed by atoms with E-state index in [1.54, 1.807) is 0 Å². The molecule has 162 valence electrons. The Kier molecular flexibility index (Phi) is 5.53. The van der Waals surface area contributed by atoms with Crippen molar-refractivity contribution in [3.8, 4) is 5.75 Å². The Labute approximate surface area is 183 Å². The second-order valence-electron chi connectivity index (χ2n) is 9.25. The van der Waals surface area contributed by atoms with Gasteiger partial charge in [-0.3, -0.25) is 4.79 Å². The summed E-state index contributed by atoms with van der Waals surface area (Å²) in [6.07, 6.45) is 9.90. The van der Waals surface area contributed by atoms with E-state index in [1.165, 1.54) is 30.9 Å². The second-order valence-corrected chi connectivity index (χ2v) is 9.25. The molecule has 2 aliphatic carbocycles. The minimum absolute atomic E-state index is 0.0252. The molecule has 0 spiro atoms. The second kappa shape index (κ2) is 8.46. The van der Waals surface area contributed by atoms with Crippen LogP contribution in [0.2, 0.25) is 0 Å². The summed E-state index contributed by atoms with van der Waals surface area (Å²) < 4.78 is 7.58. The number of pyridine rings is 1. The van der Waals surface area contributed by atoms with Crippen LogP contribution in [0.5, 0.6) is 5.75 Å². The van der Waals surface area contributed by atoms with Gasteiger partial charge in [0, 0.05) is 0 Å². The Balaban J connectivity index is 1.27. The van der Waals surface area contributed by atoms with E-state index in [9.17, 15) is 9.90 Å². The van der Waals surface area contributed by atoms with E-state index in [2.05, 4.69) is 33.7 Å². The molecule has 2 aliphatic rings. The van der Waals surface area contributed by atoms with Gasteiger partial charge in [-0.15, -0.1) is 0 Å². The van der Waals surface area contributed by atoms with Gasteiger partial charge in [0.1, 0.15) is 12.4 Å². The van der Waals surface area contributed by atoms with Gasteiger partial charge in [0.2, 0.25) is 0 Å². The van der Waals surface area contributed by atoms with Gasteiger partial charge in [0.15, 0.2) is 5.78 Å². The lowest BCUT2D eigenvalue weighted by Crippen LogP contribution is -2.22. The summed E-state index contributed by atoms with van der Waals surface area (Å²) in [4.78, 5) is 15.4. The van der Waals surface area contributed by atoms with Gasteiger partial charge in [0.05, 0.1) is 29.8 Å². The summed E-state index contributed by atoms with van der Waals surface area (Å²) >= 11 is 0. The number of carbonyl (C=O) groups is 1. The molecule has 0 unspecified atom stereocenters. The first-order valence-corrected chi connectivity index (χ1v) is 11.5. The third kappa shape index (κ3) is 4.24. The number of aliphatic hydroxyl groups is 1. The predicted molar refractivity (Wildman–Crippen MR) is 119 cm³/mol. The van der Waals surface area contributed by atoms with Gasteiger partial charge in [-0.25, -0.2) is 4.98 Å². The van der Waals surface area contributed by atoms with E-state index < -0.39 is 6.10 Å². The van der Waals surface area contributed by atoms with E-state index >= 15 is 0 Å². The number of hydrogen-bond donors (Lipinski definition) is 1. The molecule has 2 saturated carbocycles. The average Bonchev–Trinajstić information content (AvgIpc) is 3.53. The van der Waals surface area contributed by atoms with Crippen molar-refractivity contribution in [2.75, 3.05) is 6.61 Å². The van der Waals surface area contributed by atoms with Crippen LogP contribution >= 0.6 is 0 Å². The molecule has 1 atom stereocenters. The van der Waals surface area contributed by atoms with Crippen LogP contribution in [0.3, 0.4) is 0 Å². The molecule has 31 heavy (non-hydrogen) atoms. The van der Waals surface area contributed by atoms with E-state index in [4.69, 9.17) is 4.74 Å². The summed E-state index contributed by atoms with van der Waals surface area (Å²) in [5, 5.41) is 11.4. The average molecular weight is 419 g/mol. The first-order valence-electron chi connectivity index (χ1n) is 11.5. The Hall–Kier alpha value is -2.66. The molecular weight excluding hydrogens is 388 g/mol. The van der Waals surface area contributed by atoms with Crippen molar-refractivity contribution in [3.63, 3.8) is 0 Å². The van der Waals surface area contributed by atoms with Crippen LogP contribution in [-0.4, -0.2) is 26.9 Å². The van der Waals surface area contributed by atoms with Crippen molar-refractivity contribution in [2.45, 2.75) is 63.4 Å². The van der Waals surface area contributed by atoms with Gasteiger partial charge in [-0.05, 0) is 92.5 Å². The zero-order valence-corrected chi connectivity index (χ0v) is 18.0. The molecule has 0 amide bonds. The number of carbonyl (C=O) groups excluding carboxylic acids is 1. The fourth-order valence-electron chi connectivity index (χ4n) is 5.10. The fourth-order valence-corrected chi connectivity index (χ4v) is 5.10. The Morgan fingerprint density at radius 2 is 1.77 bits per heavy atom. The molecular formula is C26H30N2O3. The summed E-state index contributed by atoms with van der Waals surface area (Å²) in [5.41, 5.74) is 4.74. The summed E-state index contributed by atoms with van der Waals surface area (Å²) in [6, 6.07) is 12.5. The van der Waals surface area contributed by atoms with Crippen LogP contribution in [-0.2, 0) is 4.79 Å². The maximum absolute atomic E-state index is 11.4. The molecule has 1 N–H and O–H groups in total. The quantitative estimate of drug-likeness (QED) is 0.574. The lowest BCUT2D eigenvalue weighted by molar-refractivity contribution is -0.118. The smallest absolute Gasteiger partial charge is 0.167 e. The van der Waals surface area contributed by atoms with Crippen molar-refractivity contribution in [2.24, 2.45) is 5.92 Å². The number of hydrogen-bond acceptors (Lipinski definition) is 4. The Morgan fingerprint density at radius 3 is 2.45 bits per heavy atom. The number of aliphatic hydroxyl groups excluding tert-OH is 1. The van der Waals surface area contributed by atoms with Gasteiger partial charge < -0.3 is 14.2 Å². The third-order valence-electron chi connectivity index (χ3n) is 6.97. The Morgan fingerprint density at radius 1 is 1.06 bits per heavy atom. The number of fused-ring (bicyclic) bond motifs is 1. The number of ether oxygens (including phenoxy) is 1. The SMILES string of the molecule is CC(=O)COc1ccc([C@H]2CC[C@H]([C@H](O)c3c(C4CC4)ccc4cncn34)CC2)cc1. The van der Waals surface area contributed by atoms with E-state index in [0.29, 0.717) is 11.8 Å². The van der Waals surface area contributed by atoms with Gasteiger partial charge in [-0.2, -0.15) is 0 Å². The van der Waals surface area contributed by atoms with Gasteiger partial charge >= 0.3 is 0 Å². The molecule has 0 radical (unpaired) electrons. The number of nitrogens with zero attached hydrogens (tertiary/aromatic N) is 2. The number of imidazole rings is 1. The van der Waals surface area contributed by atoms with E-state index in [0.717, 1.165) is 42.6 Å². The topological polar surface area (TPSA) is 63.8 Å². The van der Waals surface area contributed by atoms with Crippen molar-refractivity contribution in [3.05, 3.63) is 65.7 Å². The van der Waals surface area contributed by atoms with Gasteiger partial charge in [0.25, 0.3) is 0 Å². The molecule has 0 saturated heterocycles. The molecule has 3 aromatic rings. The van der Waals surface area contributed by atoms with Crippen molar-refractivity contribution in [1.82, 2.24) is 9.38 Å². The van der Waals surface area contributed by atoms with Crippen LogP contribution < -0.4 is 4.74 Å². The number of aromatic nitrogens is 2. The zero-order valence-electron chi connectivity index (χ0n) is 18.0. The highest BCUT2D eigenvalue weighted by Gasteiger charge is 2.34. The normalized spacial score (nSPS) is 22.4.